The second-order valence-corrected chi connectivity index (χ2v) is 6.24. The summed E-state index contributed by atoms with van der Waals surface area (Å²) in [6.07, 6.45) is 0. The van der Waals surface area contributed by atoms with Gasteiger partial charge in [0.15, 0.2) is 4.34 Å². The standard InChI is InChI=1S/C11H12N6S2/c1-6-7(2)13-14-9(8(6)5-12)18-11-16-15-10(19-11)17(3)4/h1-4H3. The van der Waals surface area contributed by atoms with Crippen LogP contribution in [0.5, 0.6) is 0 Å². The van der Waals surface area contributed by atoms with Crippen LogP contribution < -0.4 is 4.90 Å². The van der Waals surface area contributed by atoms with Crippen LogP contribution in [-0.2, 0) is 0 Å². The lowest BCUT2D eigenvalue weighted by molar-refractivity contribution is 0.869. The fraction of sp³-hybridized carbons (Fsp3) is 0.364. The van der Waals surface area contributed by atoms with Crippen LogP contribution in [0.15, 0.2) is 9.37 Å². The first kappa shape index (κ1) is 13.7. The summed E-state index contributed by atoms with van der Waals surface area (Å²) in [5.41, 5.74) is 2.18. The molecule has 0 aromatic carbocycles. The molecule has 19 heavy (non-hydrogen) atoms. The van der Waals surface area contributed by atoms with E-state index in [1.807, 2.05) is 32.8 Å². The van der Waals surface area contributed by atoms with E-state index in [0.29, 0.717) is 10.6 Å². The monoisotopic (exact) mass is 292 g/mol. The van der Waals surface area contributed by atoms with Gasteiger partial charge in [0, 0.05) is 14.1 Å². The van der Waals surface area contributed by atoms with Crippen LogP contribution in [0.3, 0.4) is 0 Å². The molecule has 2 aromatic heterocycles. The maximum atomic E-state index is 9.22. The topological polar surface area (TPSA) is 78.6 Å². The maximum absolute atomic E-state index is 9.22. The molecular weight excluding hydrogens is 280 g/mol. The Hall–Kier alpha value is -1.72. The minimum Gasteiger partial charge on any atom is -0.353 e. The number of aromatic nitrogens is 4. The summed E-state index contributed by atoms with van der Waals surface area (Å²) in [5, 5.41) is 26.9. The van der Waals surface area contributed by atoms with Crippen molar-refractivity contribution in [1.29, 1.82) is 5.26 Å². The Morgan fingerprint density at radius 2 is 1.89 bits per heavy atom. The van der Waals surface area contributed by atoms with E-state index in [9.17, 15) is 5.26 Å². The van der Waals surface area contributed by atoms with Crippen molar-refractivity contribution in [3.05, 3.63) is 16.8 Å². The first-order valence-electron chi connectivity index (χ1n) is 5.45. The molecule has 98 valence electrons. The summed E-state index contributed by atoms with van der Waals surface area (Å²) >= 11 is 2.78. The Morgan fingerprint density at radius 3 is 2.47 bits per heavy atom. The van der Waals surface area contributed by atoms with Gasteiger partial charge in [0.05, 0.1) is 11.3 Å². The first-order valence-corrected chi connectivity index (χ1v) is 7.09. The molecule has 0 atom stereocenters. The van der Waals surface area contributed by atoms with E-state index in [1.54, 1.807) is 0 Å². The largest absolute Gasteiger partial charge is 0.353 e. The van der Waals surface area contributed by atoms with E-state index in [0.717, 1.165) is 20.7 Å². The van der Waals surface area contributed by atoms with Gasteiger partial charge >= 0.3 is 0 Å². The highest BCUT2D eigenvalue weighted by Crippen LogP contribution is 2.33. The molecule has 0 saturated heterocycles. The lowest BCUT2D eigenvalue weighted by Crippen LogP contribution is -2.07. The molecule has 0 aliphatic heterocycles. The van der Waals surface area contributed by atoms with Crippen LogP contribution in [0.1, 0.15) is 16.8 Å². The van der Waals surface area contributed by atoms with Crippen molar-refractivity contribution in [2.75, 3.05) is 19.0 Å². The number of hydrogen-bond donors (Lipinski definition) is 0. The van der Waals surface area contributed by atoms with Gasteiger partial charge in [-0.15, -0.1) is 15.3 Å². The zero-order chi connectivity index (χ0) is 14.0. The highest BCUT2D eigenvalue weighted by molar-refractivity contribution is 8.01. The van der Waals surface area contributed by atoms with Gasteiger partial charge in [-0.3, -0.25) is 0 Å². The van der Waals surface area contributed by atoms with Gasteiger partial charge in [-0.2, -0.15) is 10.4 Å². The second-order valence-electron chi connectivity index (χ2n) is 4.05. The van der Waals surface area contributed by atoms with Gasteiger partial charge in [0.2, 0.25) is 5.13 Å². The van der Waals surface area contributed by atoms with E-state index < -0.39 is 0 Å². The lowest BCUT2D eigenvalue weighted by Gasteiger charge is -2.05. The SMILES string of the molecule is Cc1nnc(Sc2nnc(N(C)C)s2)c(C#N)c1C. The number of nitrogens with zero attached hydrogens (tertiary/aromatic N) is 6. The molecule has 0 amide bonds. The predicted octanol–water partition coefficient (Wildman–Crippen LogP) is 2.03. The van der Waals surface area contributed by atoms with Gasteiger partial charge in [-0.05, 0) is 31.2 Å². The van der Waals surface area contributed by atoms with Crippen LogP contribution in [-0.4, -0.2) is 34.5 Å². The van der Waals surface area contributed by atoms with Crippen molar-refractivity contribution in [2.24, 2.45) is 0 Å². The number of hydrogen-bond acceptors (Lipinski definition) is 8. The molecule has 0 spiro atoms. The first-order chi connectivity index (χ1) is 9.02. The molecule has 0 radical (unpaired) electrons. The summed E-state index contributed by atoms with van der Waals surface area (Å²) in [6, 6.07) is 2.18. The average molecular weight is 292 g/mol. The van der Waals surface area contributed by atoms with E-state index in [1.165, 1.54) is 23.1 Å². The van der Waals surface area contributed by atoms with E-state index >= 15 is 0 Å². The number of rotatable bonds is 3. The van der Waals surface area contributed by atoms with Gasteiger partial charge in [-0.1, -0.05) is 11.3 Å². The highest BCUT2D eigenvalue weighted by Gasteiger charge is 2.15. The lowest BCUT2D eigenvalue weighted by atomic mass is 10.1. The van der Waals surface area contributed by atoms with Crippen LogP contribution in [0.2, 0.25) is 0 Å². The fourth-order valence-corrected chi connectivity index (χ4v) is 3.06. The molecule has 2 rings (SSSR count). The Morgan fingerprint density at radius 1 is 1.16 bits per heavy atom. The van der Waals surface area contributed by atoms with Crippen molar-refractivity contribution < 1.29 is 0 Å². The average Bonchev–Trinajstić information content (AvgIpc) is 2.83. The number of aryl methyl sites for hydroxylation is 1. The Bertz CT molecular complexity index is 643. The Balaban J connectivity index is 2.33. The summed E-state index contributed by atoms with van der Waals surface area (Å²) in [5.74, 6) is 0. The van der Waals surface area contributed by atoms with Crippen LogP contribution in [0, 0.1) is 25.2 Å². The van der Waals surface area contributed by atoms with E-state index in [-0.39, 0.29) is 0 Å². The minimum atomic E-state index is 0.555. The molecule has 0 bridgehead atoms. The Kier molecular flexibility index (Phi) is 3.97. The summed E-state index contributed by atoms with van der Waals surface area (Å²) in [7, 11) is 3.82. The maximum Gasteiger partial charge on any atom is 0.208 e. The van der Waals surface area contributed by atoms with E-state index in [4.69, 9.17) is 0 Å². The van der Waals surface area contributed by atoms with Crippen molar-refractivity contribution in [3.63, 3.8) is 0 Å². The highest BCUT2D eigenvalue weighted by atomic mass is 32.2. The molecule has 6 nitrogen and oxygen atoms in total. The Labute approximate surface area is 119 Å². The summed E-state index contributed by atoms with van der Waals surface area (Å²) in [6.45, 7) is 3.71. The molecule has 0 N–H and O–H groups in total. The zero-order valence-electron chi connectivity index (χ0n) is 11.0. The van der Waals surface area contributed by atoms with E-state index in [2.05, 4.69) is 26.5 Å². The molecule has 0 aliphatic carbocycles. The van der Waals surface area contributed by atoms with Crippen molar-refractivity contribution >= 4 is 28.2 Å². The molecule has 0 fully saturated rings. The molecule has 0 unspecified atom stereocenters. The van der Waals surface area contributed by atoms with Crippen molar-refractivity contribution in [1.82, 2.24) is 20.4 Å². The number of anilines is 1. The fourth-order valence-electron chi connectivity index (χ4n) is 1.30. The van der Waals surface area contributed by atoms with Crippen LogP contribution in [0.25, 0.3) is 0 Å². The summed E-state index contributed by atoms with van der Waals surface area (Å²) < 4.78 is 0.748. The smallest absolute Gasteiger partial charge is 0.208 e. The van der Waals surface area contributed by atoms with Crippen molar-refractivity contribution in [2.45, 2.75) is 23.2 Å². The quantitative estimate of drug-likeness (QED) is 0.856. The third-order valence-corrected chi connectivity index (χ3v) is 4.62. The predicted molar refractivity (Wildman–Crippen MR) is 74.6 cm³/mol. The minimum absolute atomic E-state index is 0.555. The van der Waals surface area contributed by atoms with Gasteiger partial charge in [0.1, 0.15) is 11.1 Å². The normalized spacial score (nSPS) is 10.3. The molecule has 8 heteroatoms. The molecule has 0 saturated carbocycles. The van der Waals surface area contributed by atoms with Gasteiger partial charge in [0.25, 0.3) is 0 Å². The van der Waals surface area contributed by atoms with Crippen LogP contribution >= 0.6 is 23.1 Å². The number of nitriles is 1. The zero-order valence-corrected chi connectivity index (χ0v) is 12.6. The van der Waals surface area contributed by atoms with Crippen LogP contribution in [0.4, 0.5) is 5.13 Å². The third-order valence-electron chi connectivity index (χ3n) is 2.50. The molecule has 0 aliphatic rings. The second kappa shape index (κ2) is 5.50. The molecule has 2 aromatic rings. The molecule has 2 heterocycles. The van der Waals surface area contributed by atoms with Gasteiger partial charge < -0.3 is 4.90 Å². The molecular formula is C11H12N6S2. The third kappa shape index (κ3) is 2.83. The summed E-state index contributed by atoms with van der Waals surface area (Å²) in [4.78, 5) is 1.89. The van der Waals surface area contributed by atoms with Gasteiger partial charge in [-0.25, -0.2) is 0 Å². The van der Waals surface area contributed by atoms with Crippen molar-refractivity contribution in [3.8, 4) is 6.07 Å².